The third-order valence-corrected chi connectivity index (χ3v) is 6.84. The van der Waals surface area contributed by atoms with E-state index in [1.165, 1.54) is 12.1 Å². The highest BCUT2D eigenvalue weighted by atomic mass is 35.7. The Labute approximate surface area is 195 Å². The number of hydrogen-bond acceptors (Lipinski definition) is 6. The first-order chi connectivity index (χ1) is 15.5. The first kappa shape index (κ1) is 22.8. The number of halogens is 1. The van der Waals surface area contributed by atoms with E-state index in [-0.39, 0.29) is 10.5 Å². The molecule has 9 heteroatoms. The molecule has 7 nitrogen and oxygen atoms in total. The summed E-state index contributed by atoms with van der Waals surface area (Å²) in [7, 11) is 8.97. The molecule has 0 radical (unpaired) electrons. The van der Waals surface area contributed by atoms with Crippen LogP contribution in [-0.2, 0) is 9.05 Å². The summed E-state index contributed by atoms with van der Waals surface area (Å²) in [5.74, 6) is -0.956. The summed E-state index contributed by atoms with van der Waals surface area (Å²) in [5.41, 5.74) is 2.76. The van der Waals surface area contributed by atoms with Gasteiger partial charge in [-0.25, -0.2) is 13.0 Å². The molecule has 0 aromatic heterocycles. The topological polar surface area (TPSA) is 93.7 Å². The standard InChI is InChI=1S/C24H21ClN2O5S/c1-26(2)14-5-8-18-21(11-14)32-22-12-15(27(3)4)6-9-19(22)23(18)17-10-7-16(33(25,30)31)13-20(17)24(28)29/h5-13H,1-4H3. The third kappa shape index (κ3) is 4.19. The summed E-state index contributed by atoms with van der Waals surface area (Å²) < 4.78 is 31.8. The second-order valence-electron chi connectivity index (χ2n) is 8.06. The van der Waals surface area contributed by atoms with E-state index in [9.17, 15) is 18.3 Å². The normalized spacial score (nSPS) is 11.7. The van der Waals surface area contributed by atoms with Crippen molar-refractivity contribution in [3.63, 3.8) is 0 Å². The Hall–Kier alpha value is -3.36. The minimum absolute atomic E-state index is 0.279. The molecule has 170 valence electrons. The van der Waals surface area contributed by atoms with Gasteiger partial charge in [0, 0.05) is 64.7 Å². The van der Waals surface area contributed by atoms with Crippen molar-refractivity contribution >= 4 is 42.4 Å². The maximum Gasteiger partial charge on any atom is 0.261 e. The van der Waals surface area contributed by atoms with Crippen LogP contribution in [0.25, 0.3) is 33.4 Å². The average Bonchev–Trinajstić information content (AvgIpc) is 2.75. The summed E-state index contributed by atoms with van der Waals surface area (Å²) in [6, 6.07) is 15.0. The lowest BCUT2D eigenvalue weighted by molar-refractivity contribution is -0.254. The molecule has 0 atom stereocenters. The van der Waals surface area contributed by atoms with Gasteiger partial charge >= 0.3 is 0 Å². The molecule has 4 rings (SSSR count). The molecule has 2 aliphatic rings. The molecule has 0 saturated carbocycles. The fraction of sp³-hybridized carbons (Fsp3) is 0.167. The number of rotatable bonds is 4. The van der Waals surface area contributed by atoms with Crippen molar-refractivity contribution in [1.29, 1.82) is 0 Å². The van der Waals surface area contributed by atoms with Crippen LogP contribution in [0, 0.1) is 0 Å². The molecule has 0 saturated heterocycles. The minimum atomic E-state index is -4.12. The highest BCUT2D eigenvalue weighted by Crippen LogP contribution is 2.42. The maximum atomic E-state index is 12.0. The van der Waals surface area contributed by atoms with Crippen molar-refractivity contribution in [3.8, 4) is 22.5 Å². The first-order valence-corrected chi connectivity index (χ1v) is 12.3. The Morgan fingerprint density at radius 3 is 2.30 bits per heavy atom. The predicted octanol–water partition coefficient (Wildman–Crippen LogP) is 2.59. The van der Waals surface area contributed by atoms with Gasteiger partial charge in [-0.15, -0.1) is 0 Å². The smallest absolute Gasteiger partial charge is 0.261 e. The molecule has 2 aromatic rings. The average molecular weight is 485 g/mol. The molecule has 0 bridgehead atoms. The number of carboxylic acid groups (broad SMARTS) is 1. The summed E-state index contributed by atoms with van der Waals surface area (Å²) in [6.45, 7) is 0. The van der Waals surface area contributed by atoms with Crippen LogP contribution in [-0.4, -0.2) is 42.6 Å². The summed E-state index contributed by atoms with van der Waals surface area (Å²) in [4.78, 5) is 13.7. The molecule has 33 heavy (non-hydrogen) atoms. The highest BCUT2D eigenvalue weighted by Gasteiger charge is 2.22. The largest absolute Gasteiger partial charge is 0.545 e. The number of anilines is 1. The Kier molecular flexibility index (Phi) is 5.67. The van der Waals surface area contributed by atoms with Gasteiger partial charge in [0.15, 0.2) is 0 Å². The molecular formula is C24H21ClN2O5S. The van der Waals surface area contributed by atoms with Gasteiger partial charge in [0.05, 0.1) is 16.9 Å². The van der Waals surface area contributed by atoms with E-state index in [1.54, 1.807) is 0 Å². The first-order valence-electron chi connectivity index (χ1n) is 9.96. The van der Waals surface area contributed by atoms with E-state index in [0.29, 0.717) is 33.4 Å². The van der Waals surface area contributed by atoms with Gasteiger partial charge in [-0.1, -0.05) is 6.07 Å². The number of aromatic carboxylic acids is 1. The minimum Gasteiger partial charge on any atom is -0.545 e. The number of carboxylic acids is 1. The fourth-order valence-corrected chi connectivity index (χ4v) is 4.55. The van der Waals surface area contributed by atoms with E-state index < -0.39 is 15.0 Å². The predicted molar refractivity (Wildman–Crippen MR) is 127 cm³/mol. The molecule has 1 aliphatic heterocycles. The molecule has 0 fully saturated rings. The quantitative estimate of drug-likeness (QED) is 0.251. The fourth-order valence-electron chi connectivity index (χ4n) is 3.78. The zero-order valence-corrected chi connectivity index (χ0v) is 20.0. The number of carbonyl (C=O) groups is 1. The number of fused-ring (bicyclic) bond motifs is 2. The zero-order chi connectivity index (χ0) is 24.1. The lowest BCUT2D eigenvalue weighted by Gasteiger charge is -2.20. The van der Waals surface area contributed by atoms with E-state index in [1.807, 2.05) is 74.1 Å². The van der Waals surface area contributed by atoms with Crippen LogP contribution in [0.15, 0.2) is 63.9 Å². The van der Waals surface area contributed by atoms with E-state index in [4.69, 9.17) is 15.1 Å². The molecule has 0 spiro atoms. The van der Waals surface area contributed by atoms with Gasteiger partial charge in [-0.3, -0.25) is 0 Å². The third-order valence-electron chi connectivity index (χ3n) is 5.48. The molecule has 1 heterocycles. The van der Waals surface area contributed by atoms with Crippen LogP contribution < -0.4 is 19.9 Å². The molecule has 0 unspecified atom stereocenters. The second-order valence-corrected chi connectivity index (χ2v) is 10.6. The Morgan fingerprint density at radius 2 is 1.70 bits per heavy atom. The van der Waals surface area contributed by atoms with Crippen LogP contribution in [0.3, 0.4) is 0 Å². The van der Waals surface area contributed by atoms with Crippen molar-refractivity contribution in [2.75, 3.05) is 33.1 Å². The SMILES string of the molecule is CN(C)c1ccc2c(-c3ccc(S(=O)(=O)Cl)cc3C(=O)[O-])c3ccc(=[N+](C)C)cc-3oc2c1. The Morgan fingerprint density at radius 1 is 1.00 bits per heavy atom. The number of benzene rings is 3. The maximum absolute atomic E-state index is 12.0. The van der Waals surface area contributed by atoms with Crippen LogP contribution in [0.1, 0.15) is 10.4 Å². The van der Waals surface area contributed by atoms with E-state index >= 15 is 0 Å². The lowest BCUT2D eigenvalue weighted by atomic mass is 9.90. The van der Waals surface area contributed by atoms with Crippen LogP contribution in [0.2, 0.25) is 0 Å². The molecule has 2 aromatic carbocycles. The van der Waals surface area contributed by atoms with Gasteiger partial charge in [-0.2, -0.15) is 0 Å². The Balaban J connectivity index is 2.18. The van der Waals surface area contributed by atoms with Crippen LogP contribution >= 0.6 is 10.7 Å². The zero-order valence-electron chi connectivity index (χ0n) is 18.4. The lowest BCUT2D eigenvalue weighted by Crippen LogP contribution is -2.23. The molecule has 0 N–H and O–H groups in total. The van der Waals surface area contributed by atoms with Crippen molar-refractivity contribution in [2.24, 2.45) is 0 Å². The number of hydrogen-bond donors (Lipinski definition) is 0. The second kappa shape index (κ2) is 8.20. The van der Waals surface area contributed by atoms with Gasteiger partial charge in [0.25, 0.3) is 9.05 Å². The summed E-state index contributed by atoms with van der Waals surface area (Å²) >= 11 is 0. The van der Waals surface area contributed by atoms with Crippen LogP contribution in [0.5, 0.6) is 0 Å². The van der Waals surface area contributed by atoms with Gasteiger partial charge in [0.2, 0.25) is 5.36 Å². The van der Waals surface area contributed by atoms with Crippen molar-refractivity contribution in [2.45, 2.75) is 4.90 Å². The van der Waals surface area contributed by atoms with Gasteiger partial charge in [0.1, 0.15) is 25.4 Å². The van der Waals surface area contributed by atoms with Crippen molar-refractivity contribution < 1.29 is 22.7 Å². The van der Waals surface area contributed by atoms with Crippen molar-refractivity contribution in [1.82, 2.24) is 4.58 Å². The summed E-state index contributed by atoms with van der Waals surface area (Å²) in [5, 5.41) is 13.6. The van der Waals surface area contributed by atoms with E-state index in [0.717, 1.165) is 17.1 Å². The van der Waals surface area contributed by atoms with Gasteiger partial charge < -0.3 is 19.2 Å². The number of carbonyl (C=O) groups excluding carboxylic acids is 1. The van der Waals surface area contributed by atoms with Crippen LogP contribution in [0.4, 0.5) is 5.69 Å². The molecule has 1 aliphatic carbocycles. The molecule has 0 amide bonds. The Bertz CT molecular complexity index is 1570. The van der Waals surface area contributed by atoms with E-state index in [2.05, 4.69) is 0 Å². The summed E-state index contributed by atoms with van der Waals surface area (Å²) in [6.07, 6.45) is 0. The monoisotopic (exact) mass is 484 g/mol. The molecular weight excluding hydrogens is 464 g/mol. The van der Waals surface area contributed by atoms with Crippen molar-refractivity contribution in [3.05, 3.63) is 65.5 Å². The highest BCUT2D eigenvalue weighted by molar-refractivity contribution is 8.13. The number of nitrogens with zero attached hydrogens (tertiary/aromatic N) is 2. The van der Waals surface area contributed by atoms with Gasteiger partial charge in [-0.05, 0) is 35.9 Å².